The third-order valence-corrected chi connectivity index (χ3v) is 4.95. The Bertz CT molecular complexity index is 895. The molecule has 0 spiro atoms. The molecule has 4 nitrogen and oxygen atoms in total. The molecule has 1 aromatic heterocycles. The Labute approximate surface area is 146 Å². The molecule has 2 heterocycles. The zero-order chi connectivity index (χ0) is 17.2. The Morgan fingerprint density at radius 2 is 1.84 bits per heavy atom. The highest BCUT2D eigenvalue weighted by Crippen LogP contribution is 2.31. The average molecular weight is 332 g/mol. The van der Waals surface area contributed by atoms with E-state index in [1.165, 1.54) is 10.8 Å². The SMILES string of the molecule is O=C(c1ccccn1)N1CC[C@@H](c2ccc3ccccc3c2)[C@H](O)C1. The predicted molar refractivity (Wildman–Crippen MR) is 97.5 cm³/mol. The van der Waals surface area contributed by atoms with Crippen molar-refractivity contribution in [2.75, 3.05) is 13.1 Å². The summed E-state index contributed by atoms with van der Waals surface area (Å²) in [5.41, 5.74) is 1.56. The first-order chi connectivity index (χ1) is 12.2. The van der Waals surface area contributed by atoms with Gasteiger partial charge in [-0.05, 0) is 34.9 Å². The molecule has 1 saturated heterocycles. The largest absolute Gasteiger partial charge is 0.391 e. The second kappa shape index (κ2) is 6.65. The highest BCUT2D eigenvalue weighted by atomic mass is 16.3. The van der Waals surface area contributed by atoms with Crippen molar-refractivity contribution in [1.82, 2.24) is 9.88 Å². The third-order valence-electron chi connectivity index (χ3n) is 4.95. The molecule has 0 unspecified atom stereocenters. The first kappa shape index (κ1) is 15.8. The lowest BCUT2D eigenvalue weighted by Gasteiger charge is -2.36. The number of pyridine rings is 1. The van der Waals surface area contributed by atoms with E-state index in [0.29, 0.717) is 18.8 Å². The summed E-state index contributed by atoms with van der Waals surface area (Å²) >= 11 is 0. The number of carbonyl (C=O) groups is 1. The highest BCUT2D eigenvalue weighted by molar-refractivity contribution is 5.92. The fraction of sp³-hybridized carbons (Fsp3) is 0.238. The minimum atomic E-state index is -0.567. The van der Waals surface area contributed by atoms with Crippen molar-refractivity contribution in [2.24, 2.45) is 0 Å². The maximum absolute atomic E-state index is 12.5. The predicted octanol–water partition coefficient (Wildman–Crippen LogP) is 3.23. The van der Waals surface area contributed by atoms with Crippen LogP contribution in [0.4, 0.5) is 0 Å². The number of aromatic nitrogens is 1. The van der Waals surface area contributed by atoms with Gasteiger partial charge in [0.05, 0.1) is 6.10 Å². The van der Waals surface area contributed by atoms with Crippen molar-refractivity contribution < 1.29 is 9.90 Å². The van der Waals surface area contributed by atoms with Crippen molar-refractivity contribution in [3.05, 3.63) is 78.1 Å². The normalized spacial score (nSPS) is 20.6. The molecular weight excluding hydrogens is 312 g/mol. The van der Waals surface area contributed by atoms with Crippen LogP contribution in [0.3, 0.4) is 0 Å². The van der Waals surface area contributed by atoms with E-state index in [1.54, 1.807) is 29.3 Å². The van der Waals surface area contributed by atoms with Gasteiger partial charge in [-0.1, -0.05) is 48.5 Å². The molecule has 0 radical (unpaired) electrons. The Morgan fingerprint density at radius 1 is 1.04 bits per heavy atom. The van der Waals surface area contributed by atoms with Gasteiger partial charge in [-0.3, -0.25) is 9.78 Å². The maximum atomic E-state index is 12.5. The molecule has 1 aliphatic heterocycles. The van der Waals surface area contributed by atoms with Crippen LogP contribution in [0.15, 0.2) is 66.9 Å². The number of benzene rings is 2. The lowest BCUT2D eigenvalue weighted by molar-refractivity contribution is 0.0378. The van der Waals surface area contributed by atoms with Gasteiger partial charge in [-0.15, -0.1) is 0 Å². The zero-order valence-corrected chi connectivity index (χ0v) is 13.9. The Kier molecular flexibility index (Phi) is 4.20. The third kappa shape index (κ3) is 3.13. The molecule has 0 bridgehead atoms. The number of hydrogen-bond acceptors (Lipinski definition) is 3. The van der Waals surface area contributed by atoms with Gasteiger partial charge < -0.3 is 10.0 Å². The molecule has 126 valence electrons. The van der Waals surface area contributed by atoms with Gasteiger partial charge >= 0.3 is 0 Å². The zero-order valence-electron chi connectivity index (χ0n) is 13.9. The number of aliphatic hydroxyl groups is 1. The highest BCUT2D eigenvalue weighted by Gasteiger charge is 2.31. The van der Waals surface area contributed by atoms with Crippen LogP contribution in [0.25, 0.3) is 10.8 Å². The molecule has 1 N–H and O–H groups in total. The number of likely N-dealkylation sites (tertiary alicyclic amines) is 1. The number of fused-ring (bicyclic) bond motifs is 1. The minimum absolute atomic E-state index is 0.0531. The van der Waals surface area contributed by atoms with E-state index < -0.39 is 6.10 Å². The van der Waals surface area contributed by atoms with Crippen LogP contribution in [-0.4, -0.2) is 40.1 Å². The van der Waals surface area contributed by atoms with Crippen LogP contribution < -0.4 is 0 Å². The summed E-state index contributed by atoms with van der Waals surface area (Å²) in [5, 5.41) is 13.0. The summed E-state index contributed by atoms with van der Waals surface area (Å²) in [6.45, 7) is 0.969. The van der Waals surface area contributed by atoms with E-state index in [2.05, 4.69) is 35.3 Å². The molecule has 0 saturated carbocycles. The molecule has 2 aromatic carbocycles. The molecular formula is C21H20N2O2. The van der Waals surface area contributed by atoms with Crippen molar-refractivity contribution in [2.45, 2.75) is 18.4 Å². The first-order valence-corrected chi connectivity index (χ1v) is 8.59. The molecule has 3 aromatic rings. The summed E-state index contributed by atoms with van der Waals surface area (Å²) in [7, 11) is 0. The smallest absolute Gasteiger partial charge is 0.272 e. The van der Waals surface area contributed by atoms with Crippen LogP contribution in [0.1, 0.15) is 28.4 Å². The number of carbonyl (C=O) groups excluding carboxylic acids is 1. The summed E-state index contributed by atoms with van der Waals surface area (Å²) in [4.78, 5) is 18.3. The fourth-order valence-electron chi connectivity index (χ4n) is 3.59. The molecule has 1 aliphatic rings. The lowest BCUT2D eigenvalue weighted by atomic mass is 9.86. The maximum Gasteiger partial charge on any atom is 0.272 e. The van der Waals surface area contributed by atoms with Gasteiger partial charge in [0.1, 0.15) is 5.69 Å². The monoisotopic (exact) mass is 332 g/mol. The summed E-state index contributed by atoms with van der Waals surface area (Å²) < 4.78 is 0. The summed E-state index contributed by atoms with van der Waals surface area (Å²) in [6, 6.07) is 19.9. The van der Waals surface area contributed by atoms with Crippen LogP contribution in [0.2, 0.25) is 0 Å². The standard InChI is InChI=1S/C21H20N2O2/c24-20-14-23(21(25)19-7-3-4-11-22-19)12-10-18(20)17-9-8-15-5-1-2-6-16(15)13-17/h1-9,11,13,18,20,24H,10,12,14H2/t18-,20+/m0/s1. The Balaban J connectivity index is 1.52. The van der Waals surface area contributed by atoms with E-state index in [9.17, 15) is 9.90 Å². The van der Waals surface area contributed by atoms with E-state index in [1.807, 2.05) is 12.1 Å². The number of hydrogen-bond donors (Lipinski definition) is 1. The second-order valence-corrected chi connectivity index (χ2v) is 6.54. The van der Waals surface area contributed by atoms with Crippen molar-refractivity contribution in [3.8, 4) is 0 Å². The summed E-state index contributed by atoms with van der Waals surface area (Å²) in [6.07, 6.45) is 1.80. The van der Waals surface area contributed by atoms with Gasteiger partial charge in [-0.25, -0.2) is 0 Å². The van der Waals surface area contributed by atoms with Crippen molar-refractivity contribution in [3.63, 3.8) is 0 Å². The number of amides is 1. The van der Waals surface area contributed by atoms with E-state index in [-0.39, 0.29) is 11.8 Å². The Hall–Kier alpha value is -2.72. The number of aliphatic hydroxyl groups excluding tert-OH is 1. The second-order valence-electron chi connectivity index (χ2n) is 6.54. The minimum Gasteiger partial charge on any atom is -0.391 e. The molecule has 4 heteroatoms. The van der Waals surface area contributed by atoms with Gasteiger partial charge in [0.25, 0.3) is 5.91 Å². The van der Waals surface area contributed by atoms with Crippen molar-refractivity contribution >= 4 is 16.7 Å². The molecule has 4 rings (SSSR count). The topological polar surface area (TPSA) is 53.4 Å². The number of piperidine rings is 1. The molecule has 0 aliphatic carbocycles. The van der Waals surface area contributed by atoms with Gasteiger partial charge in [0.15, 0.2) is 0 Å². The number of β-amino-alcohol motifs (C(OH)–C–C–N with tert-alkyl or cyclic N) is 1. The van der Waals surface area contributed by atoms with Crippen LogP contribution in [-0.2, 0) is 0 Å². The Morgan fingerprint density at radius 3 is 2.60 bits per heavy atom. The van der Waals surface area contributed by atoms with Crippen LogP contribution in [0, 0.1) is 0 Å². The van der Waals surface area contributed by atoms with Crippen LogP contribution >= 0.6 is 0 Å². The van der Waals surface area contributed by atoms with Crippen molar-refractivity contribution in [1.29, 1.82) is 0 Å². The number of nitrogens with zero attached hydrogens (tertiary/aromatic N) is 2. The molecule has 1 fully saturated rings. The quantitative estimate of drug-likeness (QED) is 0.784. The first-order valence-electron chi connectivity index (χ1n) is 8.59. The van der Waals surface area contributed by atoms with Crippen LogP contribution in [0.5, 0.6) is 0 Å². The average Bonchev–Trinajstić information content (AvgIpc) is 2.67. The van der Waals surface area contributed by atoms with Gasteiger partial charge in [0, 0.05) is 25.2 Å². The number of rotatable bonds is 2. The molecule has 1 amide bonds. The summed E-state index contributed by atoms with van der Waals surface area (Å²) in [5.74, 6) is -0.0611. The van der Waals surface area contributed by atoms with E-state index >= 15 is 0 Å². The van der Waals surface area contributed by atoms with Gasteiger partial charge in [-0.2, -0.15) is 0 Å². The van der Waals surface area contributed by atoms with E-state index in [0.717, 1.165) is 12.0 Å². The fourth-order valence-corrected chi connectivity index (χ4v) is 3.59. The van der Waals surface area contributed by atoms with Gasteiger partial charge in [0.2, 0.25) is 0 Å². The van der Waals surface area contributed by atoms with E-state index in [4.69, 9.17) is 0 Å². The molecule has 2 atom stereocenters. The lowest BCUT2D eigenvalue weighted by Crippen LogP contribution is -2.45. The molecule has 25 heavy (non-hydrogen) atoms.